The van der Waals surface area contributed by atoms with Crippen molar-refractivity contribution in [3.63, 3.8) is 0 Å². The first-order valence-electron chi connectivity index (χ1n) is 9.28. The van der Waals surface area contributed by atoms with E-state index in [0.29, 0.717) is 46.1 Å². The number of nitrogens with one attached hydrogen (secondary N) is 2. The molecule has 28 heavy (non-hydrogen) atoms. The molecular weight excluding hydrogens is 400 g/mol. The van der Waals surface area contributed by atoms with Crippen molar-refractivity contribution in [3.8, 4) is 11.5 Å². The molecule has 0 saturated carbocycles. The number of halogens is 1. The number of hydrogen-bond acceptors (Lipinski definition) is 5. The van der Waals surface area contributed by atoms with Gasteiger partial charge in [-0.3, -0.25) is 20.4 Å². The number of carbonyl (C=O) groups is 2. The molecule has 0 fully saturated rings. The molecule has 8 heteroatoms. The minimum atomic E-state index is -0.337. The van der Waals surface area contributed by atoms with E-state index < -0.39 is 0 Å². The lowest BCUT2D eigenvalue weighted by molar-refractivity contribution is -0.121. The molecule has 148 valence electrons. The van der Waals surface area contributed by atoms with E-state index in [-0.39, 0.29) is 18.2 Å². The van der Waals surface area contributed by atoms with Crippen LogP contribution in [0.5, 0.6) is 11.5 Å². The molecule has 1 aliphatic heterocycles. The third-order valence-electron chi connectivity index (χ3n) is 4.89. The van der Waals surface area contributed by atoms with Crippen LogP contribution in [0.1, 0.15) is 39.0 Å². The van der Waals surface area contributed by atoms with E-state index in [1.165, 1.54) is 21.8 Å². The van der Waals surface area contributed by atoms with Gasteiger partial charge >= 0.3 is 0 Å². The molecule has 2 amide bonds. The smallest absolute Gasteiger partial charge is 0.279 e. The first-order valence-corrected chi connectivity index (χ1v) is 10.5. The molecule has 1 atom stereocenters. The Morgan fingerprint density at radius 3 is 2.89 bits per heavy atom. The Labute approximate surface area is 172 Å². The van der Waals surface area contributed by atoms with Crippen molar-refractivity contribution in [1.82, 2.24) is 10.9 Å². The second-order valence-corrected chi connectivity index (χ2v) is 8.73. The lowest BCUT2D eigenvalue weighted by Gasteiger charge is -2.20. The lowest BCUT2D eigenvalue weighted by Crippen LogP contribution is -2.42. The van der Waals surface area contributed by atoms with Crippen molar-refractivity contribution < 1.29 is 19.1 Å². The first kappa shape index (κ1) is 19.1. The molecule has 1 aliphatic carbocycles. The fourth-order valence-electron chi connectivity index (χ4n) is 3.50. The highest BCUT2D eigenvalue weighted by Crippen LogP contribution is 2.38. The lowest BCUT2D eigenvalue weighted by atomic mass is 9.90. The molecule has 1 aromatic heterocycles. The zero-order valence-electron chi connectivity index (χ0n) is 15.5. The topological polar surface area (TPSA) is 76.7 Å². The highest BCUT2D eigenvalue weighted by atomic mass is 35.5. The second kappa shape index (κ2) is 8.01. The van der Waals surface area contributed by atoms with E-state index in [1.54, 1.807) is 12.1 Å². The Balaban J connectivity index is 1.35. The number of aryl methyl sites for hydroxylation is 1. The molecule has 2 aromatic rings. The number of carbonyl (C=O) groups excluding carboxylic acids is 2. The van der Waals surface area contributed by atoms with E-state index >= 15 is 0 Å². The zero-order chi connectivity index (χ0) is 19.7. The average molecular weight is 421 g/mol. The van der Waals surface area contributed by atoms with Crippen molar-refractivity contribution in [2.75, 3.05) is 13.2 Å². The molecule has 1 aromatic carbocycles. The summed E-state index contributed by atoms with van der Waals surface area (Å²) in [5.41, 5.74) is 6.91. The van der Waals surface area contributed by atoms with Crippen molar-refractivity contribution in [2.24, 2.45) is 5.92 Å². The van der Waals surface area contributed by atoms with Crippen LogP contribution in [-0.2, 0) is 24.1 Å². The van der Waals surface area contributed by atoms with Crippen LogP contribution in [0.2, 0.25) is 5.02 Å². The number of ether oxygens (including phenoxy) is 2. The second-order valence-electron chi connectivity index (χ2n) is 7.19. The van der Waals surface area contributed by atoms with E-state index in [4.69, 9.17) is 21.1 Å². The standard InChI is InChI=1S/C20H21ClN2O4S/c1-11-2-3-16-13(6-11)10-17(28-16)20(25)23-22-18(24)9-12-7-14(21)19-15(8-12)26-4-5-27-19/h7-8,10-11H,2-6,9H2,1H3,(H,22,24)(H,23,25). The van der Waals surface area contributed by atoms with Crippen LogP contribution in [0.4, 0.5) is 0 Å². The third-order valence-corrected chi connectivity index (χ3v) is 6.41. The summed E-state index contributed by atoms with van der Waals surface area (Å²) >= 11 is 7.70. The van der Waals surface area contributed by atoms with Crippen LogP contribution < -0.4 is 20.3 Å². The number of benzene rings is 1. The highest BCUT2D eigenvalue weighted by molar-refractivity contribution is 7.14. The molecule has 4 rings (SSSR count). The third kappa shape index (κ3) is 4.10. The van der Waals surface area contributed by atoms with Gasteiger partial charge in [0.25, 0.3) is 5.91 Å². The maximum Gasteiger partial charge on any atom is 0.279 e. The molecule has 1 unspecified atom stereocenters. The van der Waals surface area contributed by atoms with Crippen molar-refractivity contribution in [2.45, 2.75) is 32.6 Å². The molecule has 2 N–H and O–H groups in total. The van der Waals surface area contributed by atoms with Crippen LogP contribution in [0.15, 0.2) is 18.2 Å². The summed E-state index contributed by atoms with van der Waals surface area (Å²) in [5.74, 6) is 1.05. The number of amides is 2. The number of rotatable bonds is 3. The minimum Gasteiger partial charge on any atom is -0.486 e. The van der Waals surface area contributed by atoms with Gasteiger partial charge in [-0.2, -0.15) is 0 Å². The Bertz CT molecular complexity index is 927. The van der Waals surface area contributed by atoms with Crippen molar-refractivity contribution in [3.05, 3.63) is 44.1 Å². The molecule has 0 bridgehead atoms. The first-order chi connectivity index (χ1) is 13.5. The molecule has 0 saturated heterocycles. The molecule has 2 heterocycles. The van der Waals surface area contributed by atoms with Crippen molar-refractivity contribution >= 4 is 34.8 Å². The Morgan fingerprint density at radius 2 is 2.04 bits per heavy atom. The summed E-state index contributed by atoms with van der Waals surface area (Å²) in [6, 6.07) is 5.35. The number of fused-ring (bicyclic) bond motifs is 2. The molecule has 0 radical (unpaired) electrons. The predicted octanol–water partition coefficient (Wildman–Crippen LogP) is 3.30. The van der Waals surface area contributed by atoms with Gasteiger partial charge in [0.05, 0.1) is 16.3 Å². The van der Waals surface area contributed by atoms with Crippen LogP contribution in [-0.4, -0.2) is 25.0 Å². The summed E-state index contributed by atoms with van der Waals surface area (Å²) in [7, 11) is 0. The van der Waals surface area contributed by atoms with Crippen LogP contribution in [0, 0.1) is 5.92 Å². The minimum absolute atomic E-state index is 0.0646. The maximum atomic E-state index is 12.4. The SMILES string of the molecule is CC1CCc2sc(C(=O)NNC(=O)Cc3cc(Cl)c4c(c3)OCCO4)cc2C1. The molecule has 6 nitrogen and oxygen atoms in total. The summed E-state index contributed by atoms with van der Waals surface area (Å²) in [6.45, 7) is 3.12. The normalized spacial score (nSPS) is 17.6. The van der Waals surface area contributed by atoms with Gasteiger partial charge < -0.3 is 9.47 Å². The molecular formula is C20H21ClN2O4S. The van der Waals surface area contributed by atoms with Crippen LogP contribution in [0.25, 0.3) is 0 Å². The zero-order valence-corrected chi connectivity index (χ0v) is 17.0. The van der Waals surface area contributed by atoms with Gasteiger partial charge in [-0.25, -0.2) is 0 Å². The summed E-state index contributed by atoms with van der Waals surface area (Å²) < 4.78 is 11.0. The summed E-state index contributed by atoms with van der Waals surface area (Å²) in [4.78, 5) is 26.5. The monoisotopic (exact) mass is 420 g/mol. The van der Waals surface area contributed by atoms with E-state index in [0.717, 1.165) is 19.3 Å². The van der Waals surface area contributed by atoms with Gasteiger partial charge in [0, 0.05) is 4.88 Å². The summed E-state index contributed by atoms with van der Waals surface area (Å²) in [6.07, 6.45) is 3.25. The predicted molar refractivity (Wildman–Crippen MR) is 107 cm³/mol. The van der Waals surface area contributed by atoms with Crippen LogP contribution >= 0.6 is 22.9 Å². The van der Waals surface area contributed by atoms with E-state index in [1.807, 2.05) is 6.07 Å². The molecule has 0 spiro atoms. The van der Waals surface area contributed by atoms with E-state index in [9.17, 15) is 9.59 Å². The van der Waals surface area contributed by atoms with Crippen molar-refractivity contribution in [1.29, 1.82) is 0 Å². The number of hydrazine groups is 1. The Kier molecular flexibility index (Phi) is 5.46. The van der Waals surface area contributed by atoms with Gasteiger partial charge in [-0.1, -0.05) is 18.5 Å². The Morgan fingerprint density at radius 1 is 1.21 bits per heavy atom. The fourth-order valence-corrected chi connectivity index (χ4v) is 4.89. The largest absolute Gasteiger partial charge is 0.486 e. The quantitative estimate of drug-likeness (QED) is 0.747. The van der Waals surface area contributed by atoms with Gasteiger partial charge in [0.2, 0.25) is 5.91 Å². The van der Waals surface area contributed by atoms with Crippen LogP contribution in [0.3, 0.4) is 0 Å². The Hall–Kier alpha value is -2.25. The average Bonchev–Trinajstić information content (AvgIpc) is 3.09. The van der Waals surface area contributed by atoms with Gasteiger partial charge in [-0.05, 0) is 54.5 Å². The molecule has 2 aliphatic rings. The van der Waals surface area contributed by atoms with Gasteiger partial charge in [0.15, 0.2) is 11.5 Å². The van der Waals surface area contributed by atoms with E-state index in [2.05, 4.69) is 17.8 Å². The van der Waals surface area contributed by atoms with Gasteiger partial charge in [-0.15, -0.1) is 11.3 Å². The fraction of sp³-hybridized carbons (Fsp3) is 0.400. The maximum absolute atomic E-state index is 12.4. The summed E-state index contributed by atoms with van der Waals surface area (Å²) in [5, 5.41) is 0.405. The number of thiophene rings is 1. The number of hydrogen-bond donors (Lipinski definition) is 2. The highest BCUT2D eigenvalue weighted by Gasteiger charge is 2.21. The van der Waals surface area contributed by atoms with Gasteiger partial charge in [0.1, 0.15) is 13.2 Å².